The van der Waals surface area contributed by atoms with Crippen molar-refractivity contribution in [3.63, 3.8) is 0 Å². The minimum Gasteiger partial charge on any atom is -0.147 e. The van der Waals surface area contributed by atoms with Gasteiger partial charge in [0.2, 0.25) is 0 Å². The summed E-state index contributed by atoms with van der Waals surface area (Å²) in [6.45, 7) is 0. The van der Waals surface area contributed by atoms with E-state index in [0.717, 1.165) is 4.58 Å². The molecule has 1 radical (unpaired) electrons. The van der Waals surface area contributed by atoms with E-state index in [4.69, 9.17) is 0 Å². The SMILES string of the molecule is [CH]1C=CC=C(CC2SCCCS2)C1. The molecule has 1 heterocycles. The van der Waals surface area contributed by atoms with Gasteiger partial charge in [-0.2, -0.15) is 0 Å². The van der Waals surface area contributed by atoms with Gasteiger partial charge in [-0.15, -0.1) is 23.5 Å². The third-order valence-corrected chi connectivity index (χ3v) is 5.23. The van der Waals surface area contributed by atoms with Crippen molar-refractivity contribution in [3.05, 3.63) is 30.2 Å². The Morgan fingerprint density at radius 1 is 1.23 bits per heavy atom. The highest BCUT2D eigenvalue weighted by molar-refractivity contribution is 8.17. The average molecular weight is 211 g/mol. The quantitative estimate of drug-likeness (QED) is 0.683. The Bertz CT molecular complexity index is 212. The summed E-state index contributed by atoms with van der Waals surface area (Å²) in [5.74, 6) is 2.73. The van der Waals surface area contributed by atoms with Crippen LogP contribution in [0, 0.1) is 6.42 Å². The Morgan fingerprint density at radius 2 is 2.08 bits per heavy atom. The van der Waals surface area contributed by atoms with Crippen LogP contribution in [0.1, 0.15) is 19.3 Å². The van der Waals surface area contributed by atoms with Gasteiger partial charge < -0.3 is 0 Å². The van der Waals surface area contributed by atoms with Gasteiger partial charge in [0.15, 0.2) is 0 Å². The van der Waals surface area contributed by atoms with Crippen molar-refractivity contribution >= 4 is 23.5 Å². The van der Waals surface area contributed by atoms with Crippen LogP contribution in [-0.2, 0) is 0 Å². The van der Waals surface area contributed by atoms with Crippen LogP contribution in [0.15, 0.2) is 23.8 Å². The molecule has 0 aromatic heterocycles. The van der Waals surface area contributed by atoms with Crippen molar-refractivity contribution in [2.75, 3.05) is 11.5 Å². The first-order valence-electron chi connectivity index (χ1n) is 4.86. The molecule has 0 spiro atoms. The van der Waals surface area contributed by atoms with E-state index in [2.05, 4.69) is 48.2 Å². The molecule has 1 saturated heterocycles. The summed E-state index contributed by atoms with van der Waals surface area (Å²) < 4.78 is 0.833. The molecule has 1 aliphatic heterocycles. The van der Waals surface area contributed by atoms with Gasteiger partial charge in [-0.05, 0) is 37.2 Å². The van der Waals surface area contributed by atoms with E-state index in [1.165, 1.54) is 30.8 Å². The lowest BCUT2D eigenvalue weighted by Gasteiger charge is -2.22. The zero-order chi connectivity index (χ0) is 8.93. The lowest BCUT2D eigenvalue weighted by Crippen LogP contribution is -2.08. The standard InChI is InChI=1S/C11H15S2/c1-2-5-10(6-3-1)9-11-12-7-4-8-13-11/h1-3,5,11H,4,6-9H2. The maximum absolute atomic E-state index is 2.29. The second-order valence-electron chi connectivity index (χ2n) is 3.38. The summed E-state index contributed by atoms with van der Waals surface area (Å²) in [6.07, 6.45) is 12.7. The minimum absolute atomic E-state index is 0.833. The fourth-order valence-electron chi connectivity index (χ4n) is 1.58. The average Bonchev–Trinajstić information content (AvgIpc) is 2.21. The predicted octanol–water partition coefficient (Wildman–Crippen LogP) is 3.66. The van der Waals surface area contributed by atoms with Crippen LogP contribution in [-0.4, -0.2) is 16.1 Å². The number of rotatable bonds is 2. The molecule has 0 bridgehead atoms. The smallest absolute Gasteiger partial charge is 0.0539 e. The van der Waals surface area contributed by atoms with E-state index in [1.807, 2.05) is 0 Å². The zero-order valence-electron chi connectivity index (χ0n) is 7.74. The molecule has 2 heteroatoms. The van der Waals surface area contributed by atoms with Crippen LogP contribution in [0.25, 0.3) is 0 Å². The van der Waals surface area contributed by atoms with Crippen LogP contribution >= 0.6 is 23.5 Å². The van der Waals surface area contributed by atoms with Gasteiger partial charge in [0.05, 0.1) is 4.58 Å². The van der Waals surface area contributed by atoms with E-state index >= 15 is 0 Å². The molecule has 2 rings (SSSR count). The molecule has 0 aromatic rings. The highest BCUT2D eigenvalue weighted by Crippen LogP contribution is 2.35. The fourth-order valence-corrected chi connectivity index (χ4v) is 4.53. The van der Waals surface area contributed by atoms with E-state index in [9.17, 15) is 0 Å². The van der Waals surface area contributed by atoms with Crippen molar-refractivity contribution in [1.29, 1.82) is 0 Å². The lowest BCUT2D eigenvalue weighted by molar-refractivity contribution is 0.965. The second-order valence-corrected chi connectivity index (χ2v) is 6.30. The molecular formula is C11H15S2. The Kier molecular flexibility index (Phi) is 3.86. The summed E-state index contributed by atoms with van der Waals surface area (Å²) >= 11 is 4.28. The molecule has 0 amide bonds. The maximum Gasteiger partial charge on any atom is 0.0539 e. The van der Waals surface area contributed by atoms with Crippen molar-refractivity contribution in [3.8, 4) is 0 Å². The van der Waals surface area contributed by atoms with Gasteiger partial charge in [0.1, 0.15) is 0 Å². The van der Waals surface area contributed by atoms with Crippen LogP contribution in [0.2, 0.25) is 0 Å². The van der Waals surface area contributed by atoms with Crippen molar-refractivity contribution in [2.45, 2.75) is 23.8 Å². The Hall–Kier alpha value is 0.180. The van der Waals surface area contributed by atoms with Crippen molar-refractivity contribution in [1.82, 2.24) is 0 Å². The van der Waals surface area contributed by atoms with E-state index in [-0.39, 0.29) is 0 Å². The number of thioether (sulfide) groups is 2. The summed E-state index contributed by atoms with van der Waals surface area (Å²) in [6, 6.07) is 0. The molecule has 13 heavy (non-hydrogen) atoms. The van der Waals surface area contributed by atoms with Gasteiger partial charge in [-0.1, -0.05) is 23.8 Å². The molecule has 2 aliphatic rings. The van der Waals surface area contributed by atoms with Crippen LogP contribution in [0.4, 0.5) is 0 Å². The predicted molar refractivity (Wildman–Crippen MR) is 64.1 cm³/mol. The van der Waals surface area contributed by atoms with Gasteiger partial charge in [-0.25, -0.2) is 0 Å². The van der Waals surface area contributed by atoms with E-state index < -0.39 is 0 Å². The Morgan fingerprint density at radius 3 is 2.77 bits per heavy atom. The van der Waals surface area contributed by atoms with E-state index in [0.29, 0.717) is 0 Å². The highest BCUT2D eigenvalue weighted by atomic mass is 32.2. The molecule has 0 unspecified atom stereocenters. The Labute approximate surface area is 89.2 Å². The monoisotopic (exact) mass is 211 g/mol. The summed E-state index contributed by atoms with van der Waals surface area (Å²) in [4.78, 5) is 0. The number of hydrogen-bond donors (Lipinski definition) is 0. The molecule has 1 aliphatic carbocycles. The van der Waals surface area contributed by atoms with Gasteiger partial charge in [-0.3, -0.25) is 0 Å². The fraction of sp³-hybridized carbons (Fsp3) is 0.545. The molecule has 0 saturated carbocycles. The normalized spacial score (nSPS) is 24.5. The Balaban J connectivity index is 1.82. The molecule has 0 aromatic carbocycles. The van der Waals surface area contributed by atoms with Crippen molar-refractivity contribution in [2.24, 2.45) is 0 Å². The summed E-state index contributed by atoms with van der Waals surface area (Å²) in [7, 11) is 0. The molecule has 0 nitrogen and oxygen atoms in total. The zero-order valence-corrected chi connectivity index (χ0v) is 9.37. The maximum atomic E-state index is 2.29. The number of allylic oxidation sites excluding steroid dienone is 4. The second kappa shape index (κ2) is 5.16. The van der Waals surface area contributed by atoms with E-state index in [1.54, 1.807) is 5.57 Å². The lowest BCUT2D eigenvalue weighted by atomic mass is 10.0. The summed E-state index contributed by atoms with van der Waals surface area (Å²) in [5, 5.41) is 0. The van der Waals surface area contributed by atoms with Gasteiger partial charge in [0, 0.05) is 0 Å². The first-order chi connectivity index (χ1) is 6.45. The molecule has 0 N–H and O–H groups in total. The minimum atomic E-state index is 0.833. The number of hydrogen-bond acceptors (Lipinski definition) is 2. The van der Waals surface area contributed by atoms with Crippen LogP contribution in [0.3, 0.4) is 0 Å². The molecule has 1 fully saturated rings. The van der Waals surface area contributed by atoms with Crippen LogP contribution < -0.4 is 0 Å². The van der Waals surface area contributed by atoms with Gasteiger partial charge in [0.25, 0.3) is 0 Å². The first-order valence-corrected chi connectivity index (χ1v) is 6.96. The van der Waals surface area contributed by atoms with Crippen LogP contribution in [0.5, 0.6) is 0 Å². The summed E-state index contributed by atoms with van der Waals surface area (Å²) in [5.41, 5.74) is 1.61. The third kappa shape index (κ3) is 3.10. The molecule has 0 atom stereocenters. The third-order valence-electron chi connectivity index (χ3n) is 2.28. The highest BCUT2D eigenvalue weighted by Gasteiger charge is 2.15. The van der Waals surface area contributed by atoms with Gasteiger partial charge >= 0.3 is 0 Å². The largest absolute Gasteiger partial charge is 0.147 e. The molecule has 71 valence electrons. The molecular weight excluding hydrogens is 196 g/mol. The van der Waals surface area contributed by atoms with Crippen molar-refractivity contribution < 1.29 is 0 Å². The first kappa shape index (κ1) is 9.72. The topological polar surface area (TPSA) is 0 Å².